The van der Waals surface area contributed by atoms with Gasteiger partial charge in [0, 0.05) is 0 Å². The van der Waals surface area contributed by atoms with Gasteiger partial charge in [-0.15, -0.1) is 0 Å². The number of halogens is 3. The third-order valence-electron chi connectivity index (χ3n) is 3.07. The molecule has 1 aliphatic rings. The molecule has 2 amide bonds. The molecule has 0 aromatic heterocycles. The van der Waals surface area contributed by atoms with Gasteiger partial charge in [0.1, 0.15) is 18.4 Å². The molecule has 108 valence electrons. The van der Waals surface area contributed by atoms with E-state index in [9.17, 15) is 14.0 Å². The van der Waals surface area contributed by atoms with E-state index in [2.05, 4.69) is 5.32 Å². The van der Waals surface area contributed by atoms with E-state index < -0.39 is 11.9 Å². The molecule has 1 aliphatic heterocycles. The number of amides is 2. The largest absolute Gasteiger partial charge is 0.342 e. The molecule has 1 heterocycles. The van der Waals surface area contributed by atoms with E-state index in [4.69, 9.17) is 23.2 Å². The summed E-state index contributed by atoms with van der Waals surface area (Å²) in [5.74, 6) is -1.29. The number of piperazine rings is 1. The van der Waals surface area contributed by atoms with Gasteiger partial charge >= 0.3 is 0 Å². The van der Waals surface area contributed by atoms with Crippen LogP contribution < -0.4 is 10.2 Å². The van der Waals surface area contributed by atoms with Gasteiger partial charge in [-0.25, -0.2) is 4.39 Å². The first-order valence-corrected chi connectivity index (χ1v) is 6.82. The normalized spacial score (nSPS) is 19.5. The van der Waals surface area contributed by atoms with Crippen LogP contribution in [0.1, 0.15) is 13.8 Å². The van der Waals surface area contributed by atoms with Crippen LogP contribution in [-0.2, 0) is 9.59 Å². The van der Waals surface area contributed by atoms with Crippen LogP contribution >= 0.6 is 23.2 Å². The van der Waals surface area contributed by atoms with Crippen molar-refractivity contribution in [1.29, 1.82) is 0 Å². The van der Waals surface area contributed by atoms with Crippen molar-refractivity contribution >= 4 is 40.7 Å². The predicted molar refractivity (Wildman–Crippen MR) is 75.5 cm³/mol. The Morgan fingerprint density at radius 3 is 2.35 bits per heavy atom. The number of nitrogens with zero attached hydrogens (tertiary/aromatic N) is 1. The second-order valence-electron chi connectivity index (χ2n) is 4.93. The Morgan fingerprint density at radius 2 is 1.85 bits per heavy atom. The first-order valence-electron chi connectivity index (χ1n) is 6.06. The summed E-state index contributed by atoms with van der Waals surface area (Å²) in [6.45, 7) is 3.45. The fourth-order valence-electron chi connectivity index (χ4n) is 2.10. The molecule has 1 unspecified atom stereocenters. The van der Waals surface area contributed by atoms with Crippen molar-refractivity contribution in [2.75, 3.05) is 11.4 Å². The van der Waals surface area contributed by atoms with Crippen molar-refractivity contribution < 1.29 is 14.0 Å². The topological polar surface area (TPSA) is 49.4 Å². The lowest BCUT2D eigenvalue weighted by Gasteiger charge is -2.35. The maximum absolute atomic E-state index is 13.2. The van der Waals surface area contributed by atoms with Crippen molar-refractivity contribution in [3.8, 4) is 0 Å². The molecule has 20 heavy (non-hydrogen) atoms. The fraction of sp³-hybridized carbons (Fsp3) is 0.385. The molecule has 0 spiro atoms. The van der Waals surface area contributed by atoms with Gasteiger partial charge in [0.05, 0.1) is 15.7 Å². The second-order valence-corrected chi connectivity index (χ2v) is 5.75. The van der Waals surface area contributed by atoms with E-state index in [0.717, 1.165) is 12.1 Å². The highest BCUT2D eigenvalue weighted by molar-refractivity contribution is 6.40. The molecule has 1 aromatic rings. The van der Waals surface area contributed by atoms with E-state index >= 15 is 0 Å². The second kappa shape index (κ2) is 5.58. The Bertz CT molecular complexity index is 554. The zero-order valence-electron chi connectivity index (χ0n) is 10.9. The highest BCUT2D eigenvalue weighted by atomic mass is 35.5. The van der Waals surface area contributed by atoms with E-state index in [-0.39, 0.29) is 40.0 Å². The average molecular weight is 319 g/mol. The monoisotopic (exact) mass is 318 g/mol. The molecule has 2 rings (SSSR count). The highest BCUT2D eigenvalue weighted by Gasteiger charge is 2.37. The lowest BCUT2D eigenvalue weighted by molar-refractivity contribution is -0.132. The van der Waals surface area contributed by atoms with Crippen LogP contribution in [0.25, 0.3) is 0 Å². The predicted octanol–water partition coefficient (Wildman–Crippen LogP) is 2.62. The number of hydrogen-bond donors (Lipinski definition) is 1. The molecule has 1 saturated heterocycles. The maximum Gasteiger partial charge on any atom is 0.250 e. The number of carbonyl (C=O) groups is 2. The van der Waals surface area contributed by atoms with Crippen LogP contribution in [0.5, 0.6) is 0 Å². The fourth-order valence-corrected chi connectivity index (χ4v) is 2.77. The minimum atomic E-state index is -0.645. The molecule has 0 aliphatic carbocycles. The van der Waals surface area contributed by atoms with E-state index in [1.165, 1.54) is 4.90 Å². The summed E-state index contributed by atoms with van der Waals surface area (Å²) in [4.78, 5) is 25.3. The molecule has 0 bridgehead atoms. The van der Waals surface area contributed by atoms with Gasteiger partial charge in [0.15, 0.2) is 0 Å². The lowest BCUT2D eigenvalue weighted by Crippen LogP contribution is -2.60. The number of rotatable bonds is 2. The first-order chi connectivity index (χ1) is 9.31. The van der Waals surface area contributed by atoms with Crippen LogP contribution in [0.4, 0.5) is 10.1 Å². The third-order valence-corrected chi connectivity index (χ3v) is 3.64. The molecule has 0 radical (unpaired) electrons. The zero-order chi connectivity index (χ0) is 15.0. The Morgan fingerprint density at radius 1 is 1.30 bits per heavy atom. The smallest absolute Gasteiger partial charge is 0.250 e. The van der Waals surface area contributed by atoms with Gasteiger partial charge in [0.2, 0.25) is 11.8 Å². The maximum atomic E-state index is 13.2. The summed E-state index contributed by atoms with van der Waals surface area (Å²) in [6.07, 6.45) is 0. The summed E-state index contributed by atoms with van der Waals surface area (Å²) in [6, 6.07) is 1.48. The zero-order valence-corrected chi connectivity index (χ0v) is 12.4. The van der Waals surface area contributed by atoms with Crippen LogP contribution in [0.15, 0.2) is 12.1 Å². The Kier molecular flexibility index (Phi) is 4.20. The van der Waals surface area contributed by atoms with Crippen LogP contribution in [0.3, 0.4) is 0 Å². The van der Waals surface area contributed by atoms with E-state index in [1.54, 1.807) is 0 Å². The molecule has 1 fully saturated rings. The van der Waals surface area contributed by atoms with Gasteiger partial charge < -0.3 is 5.32 Å². The SMILES string of the molecule is CC(C)C1NC(=O)CN(c2c(Cl)cc(F)cc2Cl)C1=O. The summed E-state index contributed by atoms with van der Waals surface area (Å²) < 4.78 is 13.2. The first kappa shape index (κ1) is 15.1. The molecule has 1 aromatic carbocycles. The van der Waals surface area contributed by atoms with Crippen LogP contribution in [-0.4, -0.2) is 24.4 Å². The van der Waals surface area contributed by atoms with Gasteiger partial charge in [-0.1, -0.05) is 37.0 Å². The van der Waals surface area contributed by atoms with E-state index in [1.807, 2.05) is 13.8 Å². The van der Waals surface area contributed by atoms with E-state index in [0.29, 0.717) is 0 Å². The van der Waals surface area contributed by atoms with Gasteiger partial charge in [-0.3, -0.25) is 14.5 Å². The van der Waals surface area contributed by atoms with Gasteiger partial charge in [0.25, 0.3) is 0 Å². The highest BCUT2D eigenvalue weighted by Crippen LogP contribution is 2.36. The quantitative estimate of drug-likeness (QED) is 0.911. The number of carbonyl (C=O) groups excluding carboxylic acids is 2. The molecule has 1 N–H and O–H groups in total. The lowest BCUT2D eigenvalue weighted by atomic mass is 10.0. The summed E-state index contributed by atoms with van der Waals surface area (Å²) in [7, 11) is 0. The summed E-state index contributed by atoms with van der Waals surface area (Å²) in [5.41, 5.74) is 0.167. The number of benzene rings is 1. The average Bonchev–Trinajstić information content (AvgIpc) is 2.31. The van der Waals surface area contributed by atoms with Crippen molar-refractivity contribution in [1.82, 2.24) is 5.32 Å². The molecule has 4 nitrogen and oxygen atoms in total. The molecular weight excluding hydrogens is 306 g/mol. The third kappa shape index (κ3) is 2.74. The van der Waals surface area contributed by atoms with Crippen molar-refractivity contribution in [2.45, 2.75) is 19.9 Å². The van der Waals surface area contributed by atoms with Crippen molar-refractivity contribution in [2.24, 2.45) is 5.92 Å². The number of hydrogen-bond acceptors (Lipinski definition) is 2. The van der Waals surface area contributed by atoms with Gasteiger partial charge in [-0.2, -0.15) is 0 Å². The Balaban J connectivity index is 2.46. The van der Waals surface area contributed by atoms with Gasteiger partial charge in [-0.05, 0) is 18.1 Å². The van der Waals surface area contributed by atoms with Crippen LogP contribution in [0.2, 0.25) is 10.0 Å². The number of nitrogens with one attached hydrogen (secondary N) is 1. The summed E-state index contributed by atoms with van der Waals surface area (Å²) in [5, 5.41) is 2.63. The summed E-state index contributed by atoms with van der Waals surface area (Å²) >= 11 is 11.9. The number of anilines is 1. The molecule has 1 atom stereocenters. The molecule has 7 heteroatoms. The van der Waals surface area contributed by atoms with Crippen molar-refractivity contribution in [3.05, 3.63) is 28.0 Å². The standard InChI is InChI=1S/C13H13Cl2FN2O2/c1-6(2)11-13(20)18(5-10(19)17-11)12-8(14)3-7(16)4-9(12)15/h3-4,6,11H,5H2,1-2H3,(H,17,19). The Hall–Kier alpha value is -1.33. The van der Waals surface area contributed by atoms with Crippen LogP contribution in [0, 0.1) is 11.7 Å². The van der Waals surface area contributed by atoms with Crippen molar-refractivity contribution in [3.63, 3.8) is 0 Å². The Labute approximate surface area is 125 Å². The molecule has 0 saturated carbocycles. The minimum Gasteiger partial charge on any atom is -0.342 e. The molecular formula is C13H13Cl2FN2O2. The minimum absolute atomic E-state index is 0.000515.